The van der Waals surface area contributed by atoms with Gasteiger partial charge in [-0.25, -0.2) is 0 Å². The van der Waals surface area contributed by atoms with Gasteiger partial charge < -0.3 is 24.4 Å². The number of hydrogen-bond acceptors (Lipinski definition) is 6. The molecule has 8 nitrogen and oxygen atoms in total. The summed E-state index contributed by atoms with van der Waals surface area (Å²) < 4.78 is 17.9. The van der Waals surface area contributed by atoms with Crippen LogP contribution in [0, 0.1) is 0 Å². The molecule has 0 radical (unpaired) electrons. The Bertz CT molecular complexity index is 804. The highest BCUT2D eigenvalue weighted by Crippen LogP contribution is 2.20. The molecule has 0 aliphatic carbocycles. The molecule has 1 aromatic rings. The van der Waals surface area contributed by atoms with Gasteiger partial charge in [0.2, 0.25) is 0 Å². The number of azide groups is 1. The lowest BCUT2D eigenvalue weighted by atomic mass is 9.99. The number of rotatable bonds is 27. The van der Waals surface area contributed by atoms with Gasteiger partial charge in [-0.2, -0.15) is 0 Å². The fourth-order valence-corrected chi connectivity index (χ4v) is 5.26. The molecule has 242 valence electrons. The Hall–Kier alpha value is -1.67. The molecule has 42 heavy (non-hydrogen) atoms. The van der Waals surface area contributed by atoms with Crippen LogP contribution < -0.4 is 0 Å². The van der Waals surface area contributed by atoms with E-state index in [2.05, 4.69) is 16.9 Å². The molecule has 0 saturated carbocycles. The van der Waals surface area contributed by atoms with E-state index in [-0.39, 0.29) is 25.4 Å². The van der Waals surface area contributed by atoms with Gasteiger partial charge in [-0.15, -0.1) is 0 Å². The quantitative estimate of drug-likeness (QED) is 0.0462. The third kappa shape index (κ3) is 18.8. The summed E-state index contributed by atoms with van der Waals surface area (Å²) in [4.78, 5) is 3.01. The molecular weight excluding hydrogens is 530 g/mol. The van der Waals surface area contributed by atoms with Crippen LogP contribution in [0.5, 0.6) is 0 Å². The summed E-state index contributed by atoms with van der Waals surface area (Å²) in [5, 5.41) is 25.9. The lowest BCUT2D eigenvalue weighted by molar-refractivity contribution is -0.109. The summed E-state index contributed by atoms with van der Waals surface area (Å²) in [6.07, 6.45) is 13.2. The summed E-state index contributed by atoms with van der Waals surface area (Å²) in [6.45, 7) is 9.99. The van der Waals surface area contributed by atoms with Crippen LogP contribution in [0.3, 0.4) is 0 Å². The fourth-order valence-electron chi connectivity index (χ4n) is 5.26. The number of ether oxygens (including phenoxy) is 3. The van der Waals surface area contributed by atoms with E-state index in [0.717, 1.165) is 18.4 Å². The van der Waals surface area contributed by atoms with E-state index in [4.69, 9.17) is 14.2 Å². The van der Waals surface area contributed by atoms with Gasteiger partial charge in [0.25, 0.3) is 0 Å². The molecule has 0 spiro atoms. The normalized spacial score (nSPS) is 15.4. The molecule has 0 unspecified atom stereocenters. The summed E-state index contributed by atoms with van der Waals surface area (Å²) in [6, 6.07) is 9.19. The van der Waals surface area contributed by atoms with Crippen LogP contribution in [-0.4, -0.2) is 66.1 Å². The lowest BCUT2D eigenvalue weighted by Crippen LogP contribution is -2.43. The fraction of sp³-hybridized carbons (Fsp3) is 0.824. The number of aliphatic hydroxyl groups is 2. The Morgan fingerprint density at radius 2 is 1.29 bits per heavy atom. The summed E-state index contributed by atoms with van der Waals surface area (Å²) >= 11 is 0. The Morgan fingerprint density at radius 1 is 0.738 bits per heavy atom. The number of unbranched alkanes of at least 4 members (excludes halogenated alkanes) is 11. The number of aliphatic hydroxyl groups excluding tert-OH is 2. The van der Waals surface area contributed by atoms with E-state index in [1.54, 1.807) is 0 Å². The smallest absolute Gasteiger partial charge is 0.104 e. The highest BCUT2D eigenvalue weighted by molar-refractivity contribution is 5.15. The maximum absolute atomic E-state index is 11.0. The minimum absolute atomic E-state index is 0.0188. The third-order valence-electron chi connectivity index (χ3n) is 7.47. The highest BCUT2D eigenvalue weighted by atomic mass is 16.5. The van der Waals surface area contributed by atoms with Crippen LogP contribution in [0.25, 0.3) is 10.4 Å². The van der Waals surface area contributed by atoms with E-state index >= 15 is 0 Å². The first-order valence-electron chi connectivity index (χ1n) is 16.6. The Balaban J connectivity index is 2.52. The van der Waals surface area contributed by atoms with E-state index < -0.39 is 30.5 Å². The second-order valence-corrected chi connectivity index (χ2v) is 12.2. The van der Waals surface area contributed by atoms with Crippen LogP contribution in [-0.2, 0) is 20.6 Å². The molecule has 0 fully saturated rings. The van der Waals surface area contributed by atoms with Crippen LogP contribution in [0.15, 0.2) is 35.4 Å². The van der Waals surface area contributed by atoms with Gasteiger partial charge in [0.05, 0.1) is 49.8 Å². The van der Waals surface area contributed by atoms with Gasteiger partial charge in [0, 0.05) is 11.3 Å². The molecule has 1 rings (SSSR count). The average molecular weight is 592 g/mol. The summed E-state index contributed by atoms with van der Waals surface area (Å²) in [5.74, 6) is 0. The van der Waals surface area contributed by atoms with E-state index in [0.29, 0.717) is 12.8 Å². The molecular formula is C34H61N3O5. The third-order valence-corrected chi connectivity index (χ3v) is 7.47. The minimum Gasteiger partial charge on any atom is -0.390 e. The van der Waals surface area contributed by atoms with Crippen molar-refractivity contribution < 1.29 is 24.4 Å². The van der Waals surface area contributed by atoms with Crippen molar-refractivity contribution in [2.45, 2.75) is 167 Å². The Labute approximate surface area is 256 Å². The minimum atomic E-state index is -0.866. The maximum atomic E-state index is 11.0. The predicted octanol–water partition coefficient (Wildman–Crippen LogP) is 8.32. The summed E-state index contributed by atoms with van der Waals surface area (Å²) in [5.41, 5.74) is 10.3. The second-order valence-electron chi connectivity index (χ2n) is 12.2. The zero-order valence-electron chi connectivity index (χ0n) is 27.2. The Kier molecular flexibility index (Phi) is 22.6. The van der Waals surface area contributed by atoms with Crippen molar-refractivity contribution in [1.29, 1.82) is 0 Å². The first kappa shape index (κ1) is 38.4. The van der Waals surface area contributed by atoms with Crippen LogP contribution in [0.1, 0.15) is 124 Å². The van der Waals surface area contributed by atoms with Crippen molar-refractivity contribution >= 4 is 0 Å². The van der Waals surface area contributed by atoms with Crippen molar-refractivity contribution in [3.63, 3.8) is 0 Å². The second kappa shape index (κ2) is 24.7. The zero-order valence-corrected chi connectivity index (χ0v) is 27.2. The van der Waals surface area contributed by atoms with Gasteiger partial charge in [-0.3, -0.25) is 0 Å². The largest absolute Gasteiger partial charge is 0.390 e. The maximum Gasteiger partial charge on any atom is 0.104 e. The molecule has 5 atom stereocenters. The van der Waals surface area contributed by atoms with Gasteiger partial charge in [0.1, 0.15) is 6.10 Å². The molecule has 1 aromatic carbocycles. The van der Waals surface area contributed by atoms with Gasteiger partial charge in [-0.05, 0) is 45.2 Å². The molecule has 0 aromatic heterocycles. The molecule has 0 saturated heterocycles. The monoisotopic (exact) mass is 591 g/mol. The first-order chi connectivity index (χ1) is 20.3. The topological polar surface area (TPSA) is 117 Å². The number of benzene rings is 1. The molecule has 0 bridgehead atoms. The van der Waals surface area contributed by atoms with Gasteiger partial charge in [0.15, 0.2) is 0 Å². The van der Waals surface area contributed by atoms with Crippen molar-refractivity contribution in [2.75, 3.05) is 13.2 Å². The standard InChI is InChI=1S/C34H61N3O5/c1-6-7-8-9-10-11-12-13-14-15-16-20-23-31(38)34(42-28(4)5)30(36-37-35)25-40-26-32(39)33(41-27(2)3)24-29-21-18-17-19-22-29/h17-19,21-22,27-28,30-34,38-39H,6-16,20,23-26H2,1-5H3/t30-,31+,32+,33+,34+/m1/s1. The molecule has 0 aliphatic rings. The lowest BCUT2D eigenvalue weighted by Gasteiger charge is -2.31. The average Bonchev–Trinajstić information content (AvgIpc) is 2.95. The van der Waals surface area contributed by atoms with E-state index in [9.17, 15) is 15.7 Å². The van der Waals surface area contributed by atoms with E-state index in [1.807, 2.05) is 58.0 Å². The van der Waals surface area contributed by atoms with Crippen LogP contribution in [0.2, 0.25) is 0 Å². The SMILES string of the molecule is CCCCCCCCCCCCCC[C@H](O)[C@@H](OC(C)C)[C@@H](COC[C@H](O)[C@H](Cc1ccccc1)OC(C)C)N=[N+]=[N-]. The predicted molar refractivity (Wildman–Crippen MR) is 172 cm³/mol. The molecule has 0 heterocycles. The van der Waals surface area contributed by atoms with E-state index in [1.165, 1.54) is 64.2 Å². The van der Waals surface area contributed by atoms with Crippen molar-refractivity contribution in [3.8, 4) is 0 Å². The molecule has 0 amide bonds. The van der Waals surface area contributed by atoms with Crippen LogP contribution >= 0.6 is 0 Å². The first-order valence-corrected chi connectivity index (χ1v) is 16.6. The molecule has 2 N–H and O–H groups in total. The van der Waals surface area contributed by atoms with Crippen molar-refractivity contribution in [1.82, 2.24) is 0 Å². The van der Waals surface area contributed by atoms with Crippen LogP contribution in [0.4, 0.5) is 0 Å². The number of hydrogen-bond donors (Lipinski definition) is 2. The molecule has 8 heteroatoms. The zero-order chi connectivity index (χ0) is 31.0. The number of nitrogens with zero attached hydrogens (tertiary/aromatic N) is 3. The Morgan fingerprint density at radius 3 is 1.81 bits per heavy atom. The van der Waals surface area contributed by atoms with Crippen molar-refractivity contribution in [2.24, 2.45) is 5.11 Å². The van der Waals surface area contributed by atoms with Gasteiger partial charge in [-0.1, -0.05) is 119 Å². The van der Waals surface area contributed by atoms with Gasteiger partial charge >= 0.3 is 0 Å². The molecule has 0 aliphatic heterocycles. The highest BCUT2D eigenvalue weighted by Gasteiger charge is 2.30. The summed E-state index contributed by atoms with van der Waals surface area (Å²) in [7, 11) is 0. The van der Waals surface area contributed by atoms with Crippen molar-refractivity contribution in [3.05, 3.63) is 46.3 Å².